The Hall–Kier alpha value is -0.980. The topological polar surface area (TPSA) is 66.5 Å². The molecule has 4 N–H and O–H groups in total. The van der Waals surface area contributed by atoms with Crippen LogP contribution >= 0.6 is 11.6 Å². The summed E-state index contributed by atoms with van der Waals surface area (Å²) >= 11 is 5.39. The Kier molecular flexibility index (Phi) is 4.84. The van der Waals surface area contributed by atoms with E-state index in [1.807, 2.05) is 0 Å². The standard InChI is InChI=1S/C11H13ClF3NO2/c12-4-3-9(17)10(18)6-1-2-8(16)7(5-6)11(13,14)15/h1-2,5,9-10,17-18H,3-4,16H2. The van der Waals surface area contributed by atoms with E-state index < -0.39 is 29.6 Å². The van der Waals surface area contributed by atoms with Gasteiger partial charge in [-0.05, 0) is 24.1 Å². The van der Waals surface area contributed by atoms with Crippen molar-refractivity contribution in [2.75, 3.05) is 11.6 Å². The van der Waals surface area contributed by atoms with Crippen molar-refractivity contribution in [2.24, 2.45) is 0 Å². The first-order valence-corrected chi connectivity index (χ1v) is 5.69. The summed E-state index contributed by atoms with van der Waals surface area (Å²) in [7, 11) is 0. The maximum atomic E-state index is 12.6. The van der Waals surface area contributed by atoms with E-state index in [1.54, 1.807) is 0 Å². The number of anilines is 1. The normalized spacial score (nSPS) is 15.4. The molecule has 0 aliphatic heterocycles. The van der Waals surface area contributed by atoms with Crippen molar-refractivity contribution in [3.63, 3.8) is 0 Å². The predicted octanol–water partition coefficient (Wildman–Crippen LogP) is 2.31. The number of aliphatic hydroxyl groups excluding tert-OH is 2. The van der Waals surface area contributed by atoms with Crippen molar-refractivity contribution in [3.05, 3.63) is 29.3 Å². The van der Waals surface area contributed by atoms with Gasteiger partial charge in [-0.15, -0.1) is 11.6 Å². The monoisotopic (exact) mass is 283 g/mol. The highest BCUT2D eigenvalue weighted by Gasteiger charge is 2.34. The van der Waals surface area contributed by atoms with Crippen molar-refractivity contribution in [1.82, 2.24) is 0 Å². The molecule has 0 fully saturated rings. The van der Waals surface area contributed by atoms with Crippen molar-refractivity contribution < 1.29 is 23.4 Å². The van der Waals surface area contributed by atoms with Gasteiger partial charge in [0.15, 0.2) is 0 Å². The van der Waals surface area contributed by atoms with E-state index >= 15 is 0 Å². The molecule has 0 saturated heterocycles. The third-order valence-corrected chi connectivity index (χ3v) is 2.71. The summed E-state index contributed by atoms with van der Waals surface area (Å²) in [6, 6.07) is 3.03. The molecule has 0 radical (unpaired) electrons. The van der Waals surface area contributed by atoms with Gasteiger partial charge in [0.2, 0.25) is 0 Å². The first kappa shape index (κ1) is 15.1. The zero-order valence-electron chi connectivity index (χ0n) is 9.28. The fraction of sp³-hybridized carbons (Fsp3) is 0.455. The van der Waals surface area contributed by atoms with Crippen LogP contribution in [-0.2, 0) is 6.18 Å². The Morgan fingerprint density at radius 3 is 2.39 bits per heavy atom. The van der Waals surface area contributed by atoms with Crippen LogP contribution in [0.15, 0.2) is 18.2 Å². The molecular formula is C11H13ClF3NO2. The maximum Gasteiger partial charge on any atom is 0.418 e. The number of halogens is 4. The third-order valence-electron chi connectivity index (χ3n) is 2.49. The summed E-state index contributed by atoms with van der Waals surface area (Å²) in [5, 5.41) is 19.2. The molecular weight excluding hydrogens is 271 g/mol. The second-order valence-corrected chi connectivity index (χ2v) is 4.21. The Labute approximate surface area is 107 Å². The largest absolute Gasteiger partial charge is 0.418 e. The van der Waals surface area contributed by atoms with E-state index in [-0.39, 0.29) is 17.9 Å². The van der Waals surface area contributed by atoms with Gasteiger partial charge in [-0.3, -0.25) is 0 Å². The zero-order chi connectivity index (χ0) is 13.9. The van der Waals surface area contributed by atoms with Crippen LogP contribution in [0.25, 0.3) is 0 Å². The minimum atomic E-state index is -4.60. The van der Waals surface area contributed by atoms with Crippen LogP contribution in [0.2, 0.25) is 0 Å². The van der Waals surface area contributed by atoms with E-state index in [0.717, 1.165) is 12.1 Å². The lowest BCUT2D eigenvalue weighted by atomic mass is 9.99. The van der Waals surface area contributed by atoms with E-state index in [9.17, 15) is 23.4 Å². The van der Waals surface area contributed by atoms with Crippen LogP contribution in [0, 0.1) is 0 Å². The van der Waals surface area contributed by atoms with E-state index in [0.29, 0.717) is 0 Å². The number of hydrogen-bond donors (Lipinski definition) is 3. The first-order chi connectivity index (χ1) is 8.27. The van der Waals surface area contributed by atoms with E-state index in [1.165, 1.54) is 6.07 Å². The van der Waals surface area contributed by atoms with Crippen LogP contribution in [0.3, 0.4) is 0 Å². The van der Waals surface area contributed by atoms with Gasteiger partial charge in [-0.1, -0.05) is 6.07 Å². The van der Waals surface area contributed by atoms with Crippen LogP contribution < -0.4 is 5.73 Å². The number of aliphatic hydroxyl groups is 2. The van der Waals surface area contributed by atoms with Gasteiger partial charge in [0.25, 0.3) is 0 Å². The number of hydrogen-bond acceptors (Lipinski definition) is 3. The number of nitrogen functional groups attached to an aromatic ring is 1. The van der Waals surface area contributed by atoms with Crippen molar-refractivity contribution in [3.8, 4) is 0 Å². The first-order valence-electron chi connectivity index (χ1n) is 5.16. The molecule has 0 aromatic heterocycles. The molecule has 0 heterocycles. The molecule has 7 heteroatoms. The number of benzene rings is 1. The minimum Gasteiger partial charge on any atom is -0.398 e. The molecule has 2 unspecified atom stereocenters. The summed E-state index contributed by atoms with van der Waals surface area (Å²) in [6.45, 7) is 0. The molecule has 0 spiro atoms. The highest BCUT2D eigenvalue weighted by atomic mass is 35.5. The van der Waals surface area contributed by atoms with Gasteiger partial charge in [-0.25, -0.2) is 0 Å². The van der Waals surface area contributed by atoms with Crippen molar-refractivity contribution >= 4 is 17.3 Å². The highest BCUT2D eigenvalue weighted by molar-refractivity contribution is 6.17. The molecule has 102 valence electrons. The second kappa shape index (κ2) is 5.77. The summed E-state index contributed by atoms with van der Waals surface area (Å²) in [5.41, 5.74) is 3.72. The Morgan fingerprint density at radius 1 is 1.28 bits per heavy atom. The molecule has 0 aliphatic carbocycles. The fourth-order valence-electron chi connectivity index (χ4n) is 1.50. The molecule has 1 aromatic carbocycles. The lowest BCUT2D eigenvalue weighted by molar-refractivity contribution is -0.137. The maximum absolute atomic E-state index is 12.6. The van der Waals surface area contributed by atoms with Crippen molar-refractivity contribution in [1.29, 1.82) is 0 Å². The Morgan fingerprint density at radius 2 is 1.89 bits per heavy atom. The summed E-state index contributed by atoms with van der Waals surface area (Å²) in [5.74, 6) is 0.0966. The Balaban J connectivity index is 3.05. The zero-order valence-corrected chi connectivity index (χ0v) is 10.0. The van der Waals surface area contributed by atoms with Gasteiger partial charge in [-0.2, -0.15) is 13.2 Å². The second-order valence-electron chi connectivity index (χ2n) is 3.83. The number of rotatable bonds is 4. The van der Waals surface area contributed by atoms with Gasteiger partial charge >= 0.3 is 6.18 Å². The summed E-state index contributed by atoms with van der Waals surface area (Å²) < 4.78 is 37.8. The predicted molar refractivity (Wildman–Crippen MR) is 62.2 cm³/mol. The van der Waals surface area contributed by atoms with Gasteiger partial charge in [0, 0.05) is 11.6 Å². The third kappa shape index (κ3) is 3.51. The molecule has 0 amide bonds. The fourth-order valence-corrected chi connectivity index (χ4v) is 1.72. The molecule has 0 saturated carbocycles. The molecule has 2 atom stereocenters. The molecule has 18 heavy (non-hydrogen) atoms. The minimum absolute atomic E-state index is 0.0471. The quantitative estimate of drug-likeness (QED) is 0.587. The van der Waals surface area contributed by atoms with Crippen LogP contribution in [0.1, 0.15) is 23.7 Å². The lowest BCUT2D eigenvalue weighted by Crippen LogP contribution is -2.19. The van der Waals surface area contributed by atoms with E-state index in [2.05, 4.69) is 0 Å². The van der Waals surface area contributed by atoms with Crippen LogP contribution in [-0.4, -0.2) is 22.2 Å². The molecule has 1 aromatic rings. The lowest BCUT2D eigenvalue weighted by Gasteiger charge is -2.19. The SMILES string of the molecule is Nc1ccc(C(O)C(O)CCCl)cc1C(F)(F)F. The van der Waals surface area contributed by atoms with Gasteiger partial charge < -0.3 is 15.9 Å². The van der Waals surface area contributed by atoms with Gasteiger partial charge in [0.1, 0.15) is 6.10 Å². The summed E-state index contributed by atoms with van der Waals surface area (Å²) in [4.78, 5) is 0. The highest BCUT2D eigenvalue weighted by Crippen LogP contribution is 2.35. The van der Waals surface area contributed by atoms with Crippen LogP contribution in [0.5, 0.6) is 0 Å². The molecule has 0 bridgehead atoms. The Bertz CT molecular complexity index is 412. The van der Waals surface area contributed by atoms with Gasteiger partial charge in [0.05, 0.1) is 11.7 Å². The smallest absolute Gasteiger partial charge is 0.398 e. The average Bonchev–Trinajstić information content (AvgIpc) is 2.27. The molecule has 1 rings (SSSR count). The van der Waals surface area contributed by atoms with Crippen molar-refractivity contribution in [2.45, 2.75) is 24.8 Å². The molecule has 0 aliphatic rings. The summed E-state index contributed by atoms with van der Waals surface area (Å²) in [6.07, 6.45) is -7.16. The number of nitrogens with two attached hydrogens (primary N) is 1. The molecule has 3 nitrogen and oxygen atoms in total. The van der Waals surface area contributed by atoms with E-state index in [4.69, 9.17) is 17.3 Å². The average molecular weight is 284 g/mol. The number of alkyl halides is 4. The van der Waals surface area contributed by atoms with Crippen LogP contribution in [0.4, 0.5) is 18.9 Å².